The number of halogens is 1. The Morgan fingerprint density at radius 2 is 1.35 bits per heavy atom. The third kappa shape index (κ3) is 11.6. The molecule has 0 saturated carbocycles. The predicted octanol–water partition coefficient (Wildman–Crippen LogP) is 8.37. The van der Waals surface area contributed by atoms with Crippen molar-refractivity contribution in [2.75, 3.05) is 13.2 Å². The third-order valence-corrected chi connectivity index (χ3v) is 20.7. The second-order valence-electron chi connectivity index (χ2n) is 8.00. The van der Waals surface area contributed by atoms with Gasteiger partial charge in [-0.3, -0.25) is 0 Å². The first-order chi connectivity index (χ1) is 14.8. The van der Waals surface area contributed by atoms with Gasteiger partial charge in [-0.15, -0.1) is 10.2 Å². The zero-order chi connectivity index (χ0) is 23.7. The summed E-state index contributed by atoms with van der Waals surface area (Å²) in [5.41, 5.74) is 1.57. The second-order valence-corrected chi connectivity index (χ2v) is 21.6. The quantitative estimate of drug-likeness (QED) is 0.160. The van der Waals surface area contributed by atoms with Crippen LogP contribution in [0.4, 0.5) is 0 Å². The maximum atomic E-state index is 5.90. The van der Waals surface area contributed by atoms with E-state index in [9.17, 15) is 0 Å². The number of hydrogen-bond acceptors (Lipinski definition) is 4. The number of aromatic nitrogens is 2. The van der Waals surface area contributed by atoms with E-state index in [2.05, 4.69) is 51.1 Å². The van der Waals surface area contributed by atoms with Crippen LogP contribution in [-0.4, -0.2) is 41.8 Å². The van der Waals surface area contributed by atoms with Gasteiger partial charge in [0.15, 0.2) is 5.15 Å². The zero-order valence-electron chi connectivity index (χ0n) is 20.9. The fourth-order valence-corrected chi connectivity index (χ4v) is 18.5. The van der Waals surface area contributed by atoms with Gasteiger partial charge in [-0.25, -0.2) is 0 Å². The number of ether oxygens (including phenoxy) is 2. The molecule has 0 radical (unpaired) electrons. The average Bonchev–Trinajstić information content (AvgIpc) is 2.74. The maximum absolute atomic E-state index is 5.90. The first kappa shape index (κ1) is 30.2. The monoisotopic (exact) mass is 560 g/mol. The summed E-state index contributed by atoms with van der Waals surface area (Å²) in [5, 5.41) is 7.99. The van der Waals surface area contributed by atoms with Crippen LogP contribution in [0.3, 0.4) is 0 Å². The van der Waals surface area contributed by atoms with Crippen molar-refractivity contribution in [3.05, 3.63) is 39.4 Å². The van der Waals surface area contributed by atoms with Crippen LogP contribution < -0.4 is 0 Å². The Hall–Kier alpha value is -0.751. The molecule has 0 saturated heterocycles. The van der Waals surface area contributed by atoms with Crippen LogP contribution in [0.2, 0.25) is 18.5 Å². The second kappa shape index (κ2) is 17.8. The van der Waals surface area contributed by atoms with Crippen molar-refractivity contribution < 1.29 is 9.47 Å². The Balaban J connectivity index is 0.000000609. The van der Waals surface area contributed by atoms with Crippen molar-refractivity contribution in [1.82, 2.24) is 10.2 Å². The van der Waals surface area contributed by atoms with Gasteiger partial charge in [-0.1, -0.05) is 18.2 Å². The molecule has 0 bridgehead atoms. The molecule has 0 spiro atoms. The van der Waals surface area contributed by atoms with Crippen LogP contribution in [0.1, 0.15) is 84.4 Å². The van der Waals surface area contributed by atoms with E-state index < -0.39 is 18.4 Å². The van der Waals surface area contributed by atoms with Gasteiger partial charge < -0.3 is 4.74 Å². The molecule has 0 aromatic carbocycles. The standard InChI is InChI=1S/C9H11ClN2O.C4H7O.3C4H9.Sn/c1-4-13-7(3)9-6(2)5-8(10)11-12-9;1-3-5-4-2;3*1-3-4-2;/h5H,3-4H2,1-2H3;1,4H2,2H3;3*1,3-4H2,2H3;. The molecular weight excluding hydrogens is 514 g/mol. The summed E-state index contributed by atoms with van der Waals surface area (Å²) >= 11 is 3.41. The molecule has 0 aliphatic rings. The van der Waals surface area contributed by atoms with E-state index in [1.807, 2.05) is 13.8 Å². The van der Waals surface area contributed by atoms with E-state index in [1.54, 1.807) is 6.07 Å². The van der Waals surface area contributed by atoms with E-state index in [-0.39, 0.29) is 0 Å². The van der Waals surface area contributed by atoms with Crippen LogP contribution in [-0.2, 0) is 9.47 Å². The van der Waals surface area contributed by atoms with E-state index >= 15 is 0 Å². The molecule has 178 valence electrons. The van der Waals surface area contributed by atoms with Gasteiger partial charge in [-0.05, 0) is 25.5 Å². The molecule has 4 nitrogen and oxygen atoms in total. The number of nitrogens with zero attached hydrogens (tertiary/aromatic N) is 2. The molecule has 0 N–H and O–H groups in total. The van der Waals surface area contributed by atoms with E-state index in [0.717, 1.165) is 12.2 Å². The molecule has 31 heavy (non-hydrogen) atoms. The van der Waals surface area contributed by atoms with Crippen LogP contribution >= 0.6 is 11.6 Å². The molecule has 0 fully saturated rings. The molecule has 0 unspecified atom stereocenters. The fourth-order valence-electron chi connectivity index (χ4n) is 3.64. The van der Waals surface area contributed by atoms with Crippen molar-refractivity contribution in [1.29, 1.82) is 0 Å². The van der Waals surface area contributed by atoms with Crippen molar-refractivity contribution >= 4 is 35.7 Å². The number of hydrogen-bond donors (Lipinski definition) is 0. The van der Waals surface area contributed by atoms with Crippen LogP contribution in [0, 0.1) is 6.92 Å². The molecule has 1 aromatic rings. The summed E-state index contributed by atoms with van der Waals surface area (Å²) in [6.45, 7) is 22.3. The van der Waals surface area contributed by atoms with E-state index in [4.69, 9.17) is 21.1 Å². The summed E-state index contributed by atoms with van der Waals surface area (Å²) in [4.78, 5) is 0. The SMILES string of the molecule is C=C(OCC)c1nnc(Cl)cc1C.C=[C](OCC)[Sn]([CH2]CCC)([CH2]CCC)[CH2]CCC. The zero-order valence-corrected chi connectivity index (χ0v) is 24.5. The first-order valence-electron chi connectivity index (χ1n) is 12.0. The Kier molecular flexibility index (Phi) is 17.3. The molecule has 0 amide bonds. The van der Waals surface area contributed by atoms with Crippen molar-refractivity contribution in [3.8, 4) is 0 Å². The molecule has 1 heterocycles. The van der Waals surface area contributed by atoms with Crippen LogP contribution in [0.5, 0.6) is 0 Å². The molecule has 1 rings (SSSR count). The third-order valence-electron chi connectivity index (χ3n) is 5.47. The van der Waals surface area contributed by atoms with Crippen LogP contribution in [0.25, 0.3) is 5.76 Å². The fraction of sp³-hybridized carbons (Fsp3) is 0.680. The summed E-state index contributed by atoms with van der Waals surface area (Å²) in [7, 11) is 0. The Bertz CT molecular complexity index is 631. The van der Waals surface area contributed by atoms with Gasteiger partial charge in [0.25, 0.3) is 0 Å². The van der Waals surface area contributed by atoms with Gasteiger partial charge in [0, 0.05) is 0 Å². The van der Waals surface area contributed by atoms with Gasteiger partial charge in [-0.2, -0.15) is 0 Å². The van der Waals surface area contributed by atoms with E-state index in [1.165, 1.54) is 55.6 Å². The number of rotatable bonds is 15. The Morgan fingerprint density at radius 3 is 1.74 bits per heavy atom. The van der Waals surface area contributed by atoms with Crippen molar-refractivity contribution in [3.63, 3.8) is 0 Å². The van der Waals surface area contributed by atoms with Gasteiger partial charge in [0.05, 0.1) is 6.61 Å². The normalized spacial score (nSPS) is 10.8. The molecule has 6 heteroatoms. The summed E-state index contributed by atoms with van der Waals surface area (Å²) in [5.74, 6) is 0.532. The van der Waals surface area contributed by atoms with Gasteiger partial charge >= 0.3 is 120 Å². The predicted molar refractivity (Wildman–Crippen MR) is 138 cm³/mol. The number of aryl methyl sites for hydroxylation is 1. The van der Waals surface area contributed by atoms with Gasteiger partial charge in [0.1, 0.15) is 11.5 Å². The summed E-state index contributed by atoms with van der Waals surface area (Å²) < 4.78 is 16.8. The molecule has 0 aliphatic heterocycles. The van der Waals surface area contributed by atoms with Crippen molar-refractivity contribution in [2.45, 2.75) is 93.4 Å². The minimum absolute atomic E-state index is 0.380. The average molecular weight is 560 g/mol. The van der Waals surface area contributed by atoms with Crippen molar-refractivity contribution in [2.24, 2.45) is 0 Å². The molecule has 0 aliphatic carbocycles. The Morgan fingerprint density at radius 1 is 0.871 bits per heavy atom. The molecule has 0 atom stereocenters. The number of unbranched alkanes of at least 4 members (excludes halogenated alkanes) is 3. The minimum atomic E-state index is -2.24. The van der Waals surface area contributed by atoms with E-state index in [0.29, 0.717) is 23.2 Å². The molecular formula is C25H45ClN2O2Sn. The molecule has 1 aromatic heterocycles. The topological polar surface area (TPSA) is 44.2 Å². The summed E-state index contributed by atoms with van der Waals surface area (Å²) in [6.07, 6.45) is 8.10. The van der Waals surface area contributed by atoms with Crippen LogP contribution in [0.15, 0.2) is 23.0 Å². The Labute approximate surface area is 200 Å². The summed E-state index contributed by atoms with van der Waals surface area (Å²) in [6, 6.07) is 1.73. The first-order valence-corrected chi connectivity index (χ1v) is 19.8. The van der Waals surface area contributed by atoms with Gasteiger partial charge in [0.2, 0.25) is 0 Å².